The van der Waals surface area contributed by atoms with Crippen LogP contribution in [0.2, 0.25) is 0 Å². The molecule has 1 aliphatic heterocycles. The van der Waals surface area contributed by atoms with Gasteiger partial charge in [0.2, 0.25) is 0 Å². The zero-order chi connectivity index (χ0) is 23.8. The Balaban J connectivity index is 1.74. The van der Waals surface area contributed by atoms with E-state index in [4.69, 9.17) is 16.0 Å². The molecule has 0 atom stereocenters. The van der Waals surface area contributed by atoms with Crippen LogP contribution >= 0.6 is 0 Å². The number of rotatable bonds is 3. The number of piperidine rings is 1. The highest BCUT2D eigenvalue weighted by atomic mass is 19.1. The summed E-state index contributed by atoms with van der Waals surface area (Å²) in [6, 6.07) is 16.4. The Hall–Kier alpha value is -4.27. The number of benzene rings is 2. The third kappa shape index (κ3) is 3.75. The minimum Gasteiger partial charge on any atom is -0.356 e. The maximum atomic E-state index is 14.6. The molecule has 3 heterocycles. The van der Waals surface area contributed by atoms with Gasteiger partial charge in [0.05, 0.1) is 34.6 Å². The second-order valence-corrected chi connectivity index (χ2v) is 8.54. The van der Waals surface area contributed by atoms with Crippen LogP contribution in [0.15, 0.2) is 48.7 Å². The minimum atomic E-state index is -0.622. The third-order valence-corrected chi connectivity index (χ3v) is 6.39. The van der Waals surface area contributed by atoms with Crippen LogP contribution in [0.5, 0.6) is 0 Å². The largest absolute Gasteiger partial charge is 0.356 e. The van der Waals surface area contributed by atoms with Gasteiger partial charge >= 0.3 is 0 Å². The summed E-state index contributed by atoms with van der Waals surface area (Å²) < 4.78 is 16.4. The second kappa shape index (κ2) is 8.58. The minimum absolute atomic E-state index is 0.0382. The highest BCUT2D eigenvalue weighted by Crippen LogP contribution is 2.38. The Morgan fingerprint density at radius 2 is 1.74 bits per heavy atom. The van der Waals surface area contributed by atoms with E-state index in [1.54, 1.807) is 23.0 Å². The molecule has 168 valence electrons. The van der Waals surface area contributed by atoms with Gasteiger partial charge in [0, 0.05) is 42.7 Å². The van der Waals surface area contributed by atoms with Gasteiger partial charge in [-0.1, -0.05) is 12.1 Å². The van der Waals surface area contributed by atoms with Gasteiger partial charge in [-0.05, 0) is 48.7 Å². The van der Waals surface area contributed by atoms with E-state index in [1.807, 2.05) is 31.3 Å². The van der Waals surface area contributed by atoms with Gasteiger partial charge in [0.1, 0.15) is 17.7 Å². The lowest BCUT2D eigenvalue weighted by Crippen LogP contribution is -2.40. The predicted molar refractivity (Wildman–Crippen MR) is 128 cm³/mol. The van der Waals surface area contributed by atoms with Crippen molar-refractivity contribution < 1.29 is 4.39 Å². The molecule has 0 radical (unpaired) electrons. The summed E-state index contributed by atoms with van der Waals surface area (Å²) in [6.07, 6.45) is 3.44. The van der Waals surface area contributed by atoms with Gasteiger partial charge in [0.15, 0.2) is 0 Å². The molecule has 5 rings (SSSR count). The molecule has 4 aromatic rings. The maximum absolute atomic E-state index is 14.6. The average molecular weight is 452 g/mol. The van der Waals surface area contributed by atoms with Crippen molar-refractivity contribution in [3.05, 3.63) is 65.6 Å². The number of nitrogens with two attached hydrogens (primary N) is 1. The van der Waals surface area contributed by atoms with Crippen molar-refractivity contribution in [1.82, 2.24) is 14.8 Å². The number of halogens is 1. The molecule has 7 nitrogen and oxygen atoms in total. The van der Waals surface area contributed by atoms with E-state index in [1.165, 1.54) is 12.1 Å². The monoisotopic (exact) mass is 451 g/mol. The number of nitrogens with zero attached hydrogens (tertiary/aromatic N) is 6. The molecule has 2 aromatic carbocycles. The quantitative estimate of drug-likeness (QED) is 0.502. The van der Waals surface area contributed by atoms with E-state index >= 15 is 0 Å². The first kappa shape index (κ1) is 21.6. The van der Waals surface area contributed by atoms with Crippen molar-refractivity contribution in [3.63, 3.8) is 0 Å². The van der Waals surface area contributed by atoms with Crippen LogP contribution in [-0.4, -0.2) is 33.9 Å². The Morgan fingerprint density at radius 3 is 2.44 bits per heavy atom. The molecule has 0 saturated carbocycles. The van der Waals surface area contributed by atoms with Crippen LogP contribution < -0.4 is 10.6 Å². The average Bonchev–Trinajstić information content (AvgIpc) is 3.23. The van der Waals surface area contributed by atoms with Crippen LogP contribution in [0.3, 0.4) is 0 Å². The number of fused-ring (bicyclic) bond motifs is 1. The summed E-state index contributed by atoms with van der Waals surface area (Å²) in [4.78, 5) is 7.04. The van der Waals surface area contributed by atoms with E-state index in [9.17, 15) is 9.65 Å². The van der Waals surface area contributed by atoms with Crippen molar-refractivity contribution in [1.29, 1.82) is 10.5 Å². The lowest BCUT2D eigenvalue weighted by Gasteiger charge is -2.31. The van der Waals surface area contributed by atoms with Gasteiger partial charge in [-0.25, -0.2) is 9.37 Å². The summed E-state index contributed by atoms with van der Waals surface area (Å²) in [5, 5.41) is 24.5. The lowest BCUT2D eigenvalue weighted by molar-refractivity contribution is 0.499. The van der Waals surface area contributed by atoms with Crippen molar-refractivity contribution in [2.24, 2.45) is 12.8 Å². The number of pyridine rings is 1. The van der Waals surface area contributed by atoms with E-state index in [2.05, 4.69) is 16.1 Å². The molecule has 0 bridgehead atoms. The molecule has 8 heteroatoms. The summed E-state index contributed by atoms with van der Waals surface area (Å²) in [7, 11) is 1.87. The van der Waals surface area contributed by atoms with Crippen LogP contribution in [-0.2, 0) is 7.05 Å². The van der Waals surface area contributed by atoms with Gasteiger partial charge in [-0.3, -0.25) is 4.68 Å². The number of nitriles is 2. The first-order valence-corrected chi connectivity index (χ1v) is 11.1. The molecule has 1 saturated heterocycles. The van der Waals surface area contributed by atoms with Gasteiger partial charge in [-0.2, -0.15) is 15.6 Å². The number of hydrogen-bond acceptors (Lipinski definition) is 6. The highest BCUT2D eigenvalue weighted by Gasteiger charge is 2.23. The number of aryl methyl sites for hydroxylation is 1. The molecule has 2 aromatic heterocycles. The van der Waals surface area contributed by atoms with Crippen LogP contribution in [0.25, 0.3) is 33.3 Å². The Bertz CT molecular complexity index is 1480. The van der Waals surface area contributed by atoms with Crippen molar-refractivity contribution >= 4 is 16.7 Å². The van der Waals surface area contributed by atoms with Crippen molar-refractivity contribution in [2.45, 2.75) is 18.9 Å². The summed E-state index contributed by atoms with van der Waals surface area (Å²) in [5.41, 5.74) is 9.85. The third-order valence-electron chi connectivity index (χ3n) is 6.39. The number of aromatic nitrogens is 3. The zero-order valence-corrected chi connectivity index (χ0v) is 18.7. The molecule has 1 fully saturated rings. The number of anilines is 1. The predicted octanol–water partition coefficient (Wildman–Crippen LogP) is 4.11. The molecular formula is C26H22FN7. The van der Waals surface area contributed by atoms with Gasteiger partial charge in [-0.15, -0.1) is 0 Å². The van der Waals surface area contributed by atoms with Crippen LogP contribution in [0.1, 0.15) is 24.0 Å². The SMILES string of the molecule is Cn1ncc2cc(-c3c(C#N)cc(N4CCC(N)CC4)nc3-c3ccc(C#N)c(F)c3)ccc21. The molecule has 34 heavy (non-hydrogen) atoms. The number of hydrogen-bond donors (Lipinski definition) is 1. The standard InChI is InChI=1S/C26H22FN7/c1-33-23-5-4-16(10-20(23)15-31-33)25-19(14-29)12-24(34-8-6-21(30)7-9-34)32-26(25)17-2-3-18(13-28)22(27)11-17/h2-5,10-12,15,21H,6-9,30H2,1H3. The second-order valence-electron chi connectivity index (χ2n) is 8.54. The van der Waals surface area contributed by atoms with E-state index in [0.717, 1.165) is 42.4 Å². The topological polar surface area (TPSA) is 108 Å². The van der Waals surface area contributed by atoms with Gasteiger partial charge in [0.25, 0.3) is 0 Å². The fraction of sp³-hybridized carbons (Fsp3) is 0.231. The van der Waals surface area contributed by atoms with E-state index in [0.29, 0.717) is 28.2 Å². The van der Waals surface area contributed by atoms with Crippen LogP contribution in [0, 0.1) is 28.5 Å². The van der Waals surface area contributed by atoms with Crippen molar-refractivity contribution in [3.8, 4) is 34.5 Å². The Labute approximate surface area is 196 Å². The van der Waals surface area contributed by atoms with E-state index in [-0.39, 0.29) is 11.6 Å². The highest BCUT2D eigenvalue weighted by molar-refractivity contribution is 5.91. The smallest absolute Gasteiger partial charge is 0.141 e. The molecule has 0 spiro atoms. The Kier molecular flexibility index (Phi) is 5.45. The summed E-state index contributed by atoms with van der Waals surface area (Å²) in [6.45, 7) is 1.47. The maximum Gasteiger partial charge on any atom is 0.141 e. The molecular weight excluding hydrogens is 429 g/mol. The summed E-state index contributed by atoms with van der Waals surface area (Å²) in [5.74, 6) is 0.0396. The summed E-state index contributed by atoms with van der Waals surface area (Å²) >= 11 is 0. The van der Waals surface area contributed by atoms with Crippen LogP contribution in [0.4, 0.5) is 10.2 Å². The zero-order valence-electron chi connectivity index (χ0n) is 18.7. The molecule has 0 amide bonds. The fourth-order valence-corrected chi connectivity index (χ4v) is 4.48. The fourth-order valence-electron chi connectivity index (χ4n) is 4.48. The van der Waals surface area contributed by atoms with Gasteiger partial charge < -0.3 is 10.6 Å². The first-order valence-electron chi connectivity index (χ1n) is 11.1. The molecule has 0 unspecified atom stereocenters. The molecule has 1 aliphatic rings. The normalized spacial score (nSPS) is 14.2. The Morgan fingerprint density at radius 1 is 1.00 bits per heavy atom. The molecule has 2 N–H and O–H groups in total. The van der Waals surface area contributed by atoms with Crippen molar-refractivity contribution in [2.75, 3.05) is 18.0 Å². The molecule has 0 aliphatic carbocycles. The first-order chi connectivity index (χ1) is 16.5. The van der Waals surface area contributed by atoms with E-state index < -0.39 is 5.82 Å². The lowest BCUT2D eigenvalue weighted by atomic mass is 9.93.